The van der Waals surface area contributed by atoms with Crippen LogP contribution < -0.4 is 5.73 Å². The van der Waals surface area contributed by atoms with Crippen LogP contribution in [-0.4, -0.2) is 31.1 Å². The summed E-state index contributed by atoms with van der Waals surface area (Å²) in [7, 11) is 2.25. The molecule has 1 saturated carbocycles. The van der Waals surface area contributed by atoms with E-state index in [0.29, 0.717) is 0 Å². The maximum Gasteiger partial charge on any atom is 0.00922 e. The van der Waals surface area contributed by atoms with Crippen LogP contribution in [0.4, 0.5) is 0 Å². The lowest BCUT2D eigenvalue weighted by Crippen LogP contribution is -2.34. The van der Waals surface area contributed by atoms with E-state index in [0.717, 1.165) is 30.8 Å². The fraction of sp³-hybridized carbons (Fsp3) is 1.00. The molecule has 78 valence electrons. The Morgan fingerprint density at radius 1 is 1.38 bits per heavy atom. The molecule has 0 aliphatic heterocycles. The van der Waals surface area contributed by atoms with Crippen molar-refractivity contribution in [1.29, 1.82) is 0 Å². The zero-order chi connectivity index (χ0) is 9.84. The van der Waals surface area contributed by atoms with Crippen LogP contribution in [0.1, 0.15) is 33.1 Å². The SMILES string of the molecule is CC(CCN)CN(C)C(C)C1CC1. The number of hydrogen-bond acceptors (Lipinski definition) is 2. The fourth-order valence-corrected chi connectivity index (χ4v) is 1.97. The molecule has 1 aliphatic rings. The molecule has 1 fully saturated rings. The number of rotatable bonds is 6. The van der Waals surface area contributed by atoms with E-state index >= 15 is 0 Å². The smallest absolute Gasteiger partial charge is 0.00922 e. The molecule has 0 saturated heterocycles. The maximum absolute atomic E-state index is 5.53. The molecule has 0 aromatic rings. The average Bonchev–Trinajstić information content (AvgIpc) is 2.85. The molecule has 2 atom stereocenters. The van der Waals surface area contributed by atoms with Crippen LogP contribution in [0, 0.1) is 11.8 Å². The lowest BCUT2D eigenvalue weighted by atomic mass is 10.1. The predicted molar refractivity (Wildman–Crippen MR) is 57.7 cm³/mol. The zero-order valence-electron chi connectivity index (χ0n) is 9.29. The summed E-state index contributed by atoms with van der Waals surface area (Å²) < 4.78 is 0. The first-order valence-corrected chi connectivity index (χ1v) is 5.55. The van der Waals surface area contributed by atoms with Gasteiger partial charge < -0.3 is 10.6 Å². The molecule has 0 heterocycles. The lowest BCUT2D eigenvalue weighted by Gasteiger charge is -2.27. The van der Waals surface area contributed by atoms with Gasteiger partial charge in [-0.2, -0.15) is 0 Å². The van der Waals surface area contributed by atoms with E-state index in [1.807, 2.05) is 0 Å². The minimum Gasteiger partial charge on any atom is -0.330 e. The molecule has 0 bridgehead atoms. The summed E-state index contributed by atoms with van der Waals surface area (Å²) in [5, 5.41) is 0. The first-order chi connectivity index (χ1) is 6.15. The summed E-state index contributed by atoms with van der Waals surface area (Å²) in [6.07, 6.45) is 4.04. The lowest BCUT2D eigenvalue weighted by molar-refractivity contribution is 0.202. The Balaban J connectivity index is 2.18. The van der Waals surface area contributed by atoms with Crippen LogP contribution in [0.2, 0.25) is 0 Å². The molecule has 13 heavy (non-hydrogen) atoms. The highest BCUT2D eigenvalue weighted by Gasteiger charge is 2.30. The van der Waals surface area contributed by atoms with Gasteiger partial charge in [-0.15, -0.1) is 0 Å². The van der Waals surface area contributed by atoms with Gasteiger partial charge in [0.15, 0.2) is 0 Å². The topological polar surface area (TPSA) is 29.3 Å². The summed E-state index contributed by atoms with van der Waals surface area (Å²) >= 11 is 0. The summed E-state index contributed by atoms with van der Waals surface area (Å²) in [5.41, 5.74) is 5.53. The van der Waals surface area contributed by atoms with Gasteiger partial charge in [0.1, 0.15) is 0 Å². The molecule has 2 unspecified atom stereocenters. The number of nitrogens with zero attached hydrogens (tertiary/aromatic N) is 1. The van der Waals surface area contributed by atoms with E-state index in [4.69, 9.17) is 5.73 Å². The van der Waals surface area contributed by atoms with Crippen molar-refractivity contribution in [2.75, 3.05) is 20.1 Å². The van der Waals surface area contributed by atoms with E-state index in [1.54, 1.807) is 0 Å². The summed E-state index contributed by atoms with van der Waals surface area (Å²) in [6.45, 7) is 6.68. The Morgan fingerprint density at radius 3 is 2.46 bits per heavy atom. The van der Waals surface area contributed by atoms with Crippen molar-refractivity contribution >= 4 is 0 Å². The monoisotopic (exact) mass is 184 g/mol. The molecule has 0 aromatic heterocycles. The van der Waals surface area contributed by atoms with Gasteiger partial charge in [-0.25, -0.2) is 0 Å². The van der Waals surface area contributed by atoms with Crippen molar-refractivity contribution in [2.24, 2.45) is 17.6 Å². The van der Waals surface area contributed by atoms with E-state index in [9.17, 15) is 0 Å². The van der Waals surface area contributed by atoms with Gasteiger partial charge in [-0.1, -0.05) is 6.92 Å². The van der Waals surface area contributed by atoms with E-state index in [2.05, 4.69) is 25.8 Å². The van der Waals surface area contributed by atoms with Crippen molar-refractivity contribution in [3.63, 3.8) is 0 Å². The first kappa shape index (κ1) is 11.0. The third-order valence-electron chi connectivity index (χ3n) is 3.26. The fourth-order valence-electron chi connectivity index (χ4n) is 1.97. The first-order valence-electron chi connectivity index (χ1n) is 5.55. The third-order valence-corrected chi connectivity index (χ3v) is 3.26. The molecule has 1 aliphatic carbocycles. The molecule has 2 heteroatoms. The summed E-state index contributed by atoms with van der Waals surface area (Å²) in [5.74, 6) is 1.73. The van der Waals surface area contributed by atoms with Crippen LogP contribution >= 0.6 is 0 Å². The molecule has 0 aromatic carbocycles. The Bertz CT molecular complexity index is 143. The molecule has 0 spiro atoms. The molecule has 2 nitrogen and oxygen atoms in total. The highest BCUT2D eigenvalue weighted by Crippen LogP contribution is 2.34. The number of nitrogens with two attached hydrogens (primary N) is 1. The van der Waals surface area contributed by atoms with Gasteiger partial charge in [-0.3, -0.25) is 0 Å². The highest BCUT2D eigenvalue weighted by molar-refractivity contribution is 4.84. The molecule has 2 N–H and O–H groups in total. The van der Waals surface area contributed by atoms with E-state index in [1.165, 1.54) is 19.4 Å². The van der Waals surface area contributed by atoms with Gasteiger partial charge >= 0.3 is 0 Å². The summed E-state index contributed by atoms with van der Waals surface area (Å²) in [6, 6.07) is 0.778. The molecule has 0 amide bonds. The predicted octanol–water partition coefficient (Wildman–Crippen LogP) is 1.70. The van der Waals surface area contributed by atoms with Crippen LogP contribution in [-0.2, 0) is 0 Å². The number of hydrogen-bond donors (Lipinski definition) is 1. The minimum atomic E-state index is 0.746. The van der Waals surface area contributed by atoms with Crippen molar-refractivity contribution in [3.05, 3.63) is 0 Å². The summed E-state index contributed by atoms with van der Waals surface area (Å²) in [4.78, 5) is 2.50. The van der Waals surface area contributed by atoms with Crippen LogP contribution in [0.15, 0.2) is 0 Å². The van der Waals surface area contributed by atoms with Crippen molar-refractivity contribution in [2.45, 2.75) is 39.2 Å². The van der Waals surface area contributed by atoms with Gasteiger partial charge in [0, 0.05) is 12.6 Å². The Labute approximate surface area is 82.5 Å². The van der Waals surface area contributed by atoms with Crippen LogP contribution in [0.3, 0.4) is 0 Å². The van der Waals surface area contributed by atoms with Gasteiger partial charge in [0.25, 0.3) is 0 Å². The Morgan fingerprint density at radius 2 is 2.00 bits per heavy atom. The van der Waals surface area contributed by atoms with E-state index in [-0.39, 0.29) is 0 Å². The second-order valence-corrected chi connectivity index (χ2v) is 4.70. The second-order valence-electron chi connectivity index (χ2n) is 4.70. The zero-order valence-corrected chi connectivity index (χ0v) is 9.29. The minimum absolute atomic E-state index is 0.746. The molecule has 1 rings (SSSR count). The van der Waals surface area contributed by atoms with Crippen molar-refractivity contribution in [1.82, 2.24) is 4.90 Å². The van der Waals surface area contributed by atoms with Crippen LogP contribution in [0.5, 0.6) is 0 Å². The Kier molecular flexibility index (Phi) is 4.20. The maximum atomic E-state index is 5.53. The van der Waals surface area contributed by atoms with Gasteiger partial charge in [0.05, 0.1) is 0 Å². The standard InChI is InChI=1S/C11H24N2/c1-9(6-7-12)8-13(3)10(2)11-4-5-11/h9-11H,4-8,12H2,1-3H3. The van der Waals surface area contributed by atoms with E-state index < -0.39 is 0 Å². The molecular formula is C11H24N2. The normalized spacial score (nSPS) is 21.9. The third kappa shape index (κ3) is 3.65. The molecular weight excluding hydrogens is 160 g/mol. The molecule has 0 radical (unpaired) electrons. The second kappa shape index (κ2) is 4.97. The Hall–Kier alpha value is -0.0800. The van der Waals surface area contributed by atoms with Gasteiger partial charge in [0.2, 0.25) is 0 Å². The highest BCUT2D eigenvalue weighted by atomic mass is 15.1. The quantitative estimate of drug-likeness (QED) is 0.681. The van der Waals surface area contributed by atoms with Crippen LogP contribution in [0.25, 0.3) is 0 Å². The largest absolute Gasteiger partial charge is 0.330 e. The average molecular weight is 184 g/mol. The van der Waals surface area contributed by atoms with Gasteiger partial charge in [-0.05, 0) is 51.6 Å². The van der Waals surface area contributed by atoms with Crippen molar-refractivity contribution in [3.8, 4) is 0 Å². The van der Waals surface area contributed by atoms with Crippen molar-refractivity contribution < 1.29 is 0 Å².